The zero-order valence-electron chi connectivity index (χ0n) is 13.6. The number of nitrogens with zero attached hydrogens (tertiary/aromatic N) is 2. The summed E-state index contributed by atoms with van der Waals surface area (Å²) < 4.78 is 0. The van der Waals surface area contributed by atoms with E-state index in [4.69, 9.17) is 0 Å². The van der Waals surface area contributed by atoms with Gasteiger partial charge in [-0.3, -0.25) is 9.69 Å². The van der Waals surface area contributed by atoms with Crippen LogP contribution in [0.3, 0.4) is 0 Å². The molecule has 1 aliphatic rings. The molecule has 0 saturated carbocycles. The lowest BCUT2D eigenvalue weighted by molar-refractivity contribution is -0.132. The Balaban J connectivity index is 1.89. The minimum Gasteiger partial charge on any atom is -0.340 e. The Morgan fingerprint density at radius 1 is 1.29 bits per heavy atom. The number of amides is 1. The lowest BCUT2D eigenvalue weighted by atomic mass is 10.1. The first kappa shape index (κ1) is 16.0. The van der Waals surface area contributed by atoms with Crippen molar-refractivity contribution < 1.29 is 4.79 Å². The molecule has 0 radical (unpaired) electrons. The van der Waals surface area contributed by atoms with E-state index >= 15 is 0 Å². The minimum absolute atomic E-state index is 0.194. The van der Waals surface area contributed by atoms with Gasteiger partial charge in [0.1, 0.15) is 0 Å². The van der Waals surface area contributed by atoms with Crippen LogP contribution in [-0.4, -0.2) is 54.5 Å². The molecule has 21 heavy (non-hydrogen) atoms. The normalized spacial score (nSPS) is 23.0. The van der Waals surface area contributed by atoms with Gasteiger partial charge in [0.15, 0.2) is 0 Å². The fourth-order valence-electron chi connectivity index (χ4n) is 3.01. The van der Waals surface area contributed by atoms with Gasteiger partial charge in [-0.1, -0.05) is 24.3 Å². The molecule has 2 rings (SSSR count). The predicted molar refractivity (Wildman–Crippen MR) is 86.2 cm³/mol. The van der Waals surface area contributed by atoms with Crippen molar-refractivity contribution >= 4 is 5.91 Å². The van der Waals surface area contributed by atoms with E-state index in [-0.39, 0.29) is 5.91 Å². The van der Waals surface area contributed by atoms with Crippen molar-refractivity contribution in [3.05, 3.63) is 35.4 Å². The highest BCUT2D eigenvalue weighted by Crippen LogP contribution is 2.10. The van der Waals surface area contributed by atoms with E-state index in [0.717, 1.165) is 13.1 Å². The first-order chi connectivity index (χ1) is 9.95. The highest BCUT2D eigenvalue weighted by Gasteiger charge is 2.23. The number of likely N-dealkylation sites (N-methyl/N-ethyl adjacent to an activating group) is 1. The molecule has 1 N–H and O–H groups in total. The number of carbonyl (C=O) groups is 1. The summed E-state index contributed by atoms with van der Waals surface area (Å²) >= 11 is 0. The molecule has 0 aliphatic carbocycles. The number of hydrogen-bond acceptors (Lipinski definition) is 3. The Labute approximate surface area is 128 Å². The third-order valence-corrected chi connectivity index (χ3v) is 4.09. The Morgan fingerprint density at radius 3 is 2.52 bits per heavy atom. The van der Waals surface area contributed by atoms with Crippen LogP contribution >= 0.6 is 0 Å². The summed E-state index contributed by atoms with van der Waals surface area (Å²) in [4.78, 5) is 16.5. The topological polar surface area (TPSA) is 35.6 Å². The molecule has 4 nitrogen and oxygen atoms in total. The molecule has 0 bridgehead atoms. The van der Waals surface area contributed by atoms with Crippen molar-refractivity contribution in [3.8, 4) is 0 Å². The molecule has 0 aromatic heterocycles. The zero-order valence-corrected chi connectivity index (χ0v) is 13.6. The summed E-state index contributed by atoms with van der Waals surface area (Å²) in [6.07, 6.45) is 0. The number of nitrogens with one attached hydrogen (secondary N) is 1. The lowest BCUT2D eigenvalue weighted by Crippen LogP contribution is -2.56. The summed E-state index contributed by atoms with van der Waals surface area (Å²) in [6, 6.07) is 9.14. The number of benzene rings is 1. The smallest absolute Gasteiger partial charge is 0.236 e. The molecule has 1 saturated heterocycles. The van der Waals surface area contributed by atoms with Crippen molar-refractivity contribution in [1.29, 1.82) is 0 Å². The Morgan fingerprint density at radius 2 is 1.90 bits per heavy atom. The lowest BCUT2D eigenvalue weighted by Gasteiger charge is -2.36. The van der Waals surface area contributed by atoms with Gasteiger partial charge in [-0.15, -0.1) is 0 Å². The first-order valence-corrected chi connectivity index (χ1v) is 7.72. The van der Waals surface area contributed by atoms with Crippen molar-refractivity contribution in [2.45, 2.75) is 39.4 Å². The predicted octanol–water partition coefficient (Wildman–Crippen LogP) is 1.64. The Kier molecular flexibility index (Phi) is 5.37. The number of aryl methyl sites for hydroxylation is 1. The van der Waals surface area contributed by atoms with Crippen LogP contribution in [0.15, 0.2) is 24.3 Å². The number of rotatable bonds is 4. The van der Waals surface area contributed by atoms with Crippen LogP contribution in [-0.2, 0) is 11.3 Å². The largest absolute Gasteiger partial charge is 0.340 e. The van der Waals surface area contributed by atoms with Gasteiger partial charge in [0.2, 0.25) is 5.91 Å². The fraction of sp³-hybridized carbons (Fsp3) is 0.588. The van der Waals surface area contributed by atoms with Crippen molar-refractivity contribution in [1.82, 2.24) is 15.1 Å². The maximum absolute atomic E-state index is 12.4. The quantitative estimate of drug-likeness (QED) is 0.915. The summed E-state index contributed by atoms with van der Waals surface area (Å²) in [6.45, 7) is 9.51. The molecule has 2 unspecified atom stereocenters. The second kappa shape index (κ2) is 7.05. The minimum atomic E-state index is 0.194. The van der Waals surface area contributed by atoms with Gasteiger partial charge in [-0.25, -0.2) is 0 Å². The molecular formula is C17H27N3O. The maximum Gasteiger partial charge on any atom is 0.236 e. The van der Waals surface area contributed by atoms with Crippen LogP contribution in [0, 0.1) is 6.92 Å². The summed E-state index contributed by atoms with van der Waals surface area (Å²) in [5, 5.41) is 3.49. The second-order valence-corrected chi connectivity index (χ2v) is 6.34. The molecule has 1 aromatic carbocycles. The van der Waals surface area contributed by atoms with E-state index < -0.39 is 0 Å². The number of hydrogen-bond donors (Lipinski definition) is 1. The van der Waals surface area contributed by atoms with Crippen LogP contribution < -0.4 is 5.32 Å². The van der Waals surface area contributed by atoms with E-state index in [0.29, 0.717) is 25.2 Å². The molecule has 1 fully saturated rings. The van der Waals surface area contributed by atoms with Crippen LogP contribution in [0.1, 0.15) is 25.0 Å². The third kappa shape index (κ3) is 4.55. The van der Waals surface area contributed by atoms with Gasteiger partial charge < -0.3 is 10.2 Å². The van der Waals surface area contributed by atoms with Crippen molar-refractivity contribution in [2.75, 3.05) is 26.7 Å². The molecule has 2 atom stereocenters. The molecule has 1 amide bonds. The average molecular weight is 289 g/mol. The zero-order chi connectivity index (χ0) is 15.4. The average Bonchev–Trinajstić information content (AvgIpc) is 2.40. The summed E-state index contributed by atoms with van der Waals surface area (Å²) in [7, 11) is 1.89. The second-order valence-electron chi connectivity index (χ2n) is 6.34. The maximum atomic E-state index is 12.4. The molecule has 1 aromatic rings. The van der Waals surface area contributed by atoms with Crippen molar-refractivity contribution in [3.63, 3.8) is 0 Å². The molecule has 1 heterocycles. The van der Waals surface area contributed by atoms with Gasteiger partial charge in [-0.05, 0) is 31.9 Å². The number of piperazine rings is 1. The molecule has 116 valence electrons. The van der Waals surface area contributed by atoms with Crippen molar-refractivity contribution in [2.24, 2.45) is 0 Å². The standard InChI is InChI=1S/C17H27N3O/c1-13-7-5-6-8-16(13)11-19(4)17(21)12-20-9-14(2)18-15(3)10-20/h5-8,14-15,18H,9-12H2,1-4H3. The van der Waals surface area contributed by atoms with E-state index in [9.17, 15) is 4.79 Å². The molecule has 4 heteroatoms. The Hall–Kier alpha value is -1.39. The van der Waals surface area contributed by atoms with Crippen LogP contribution in [0.4, 0.5) is 0 Å². The summed E-state index contributed by atoms with van der Waals surface area (Å²) in [5.74, 6) is 0.194. The fourth-order valence-corrected chi connectivity index (χ4v) is 3.01. The molecule has 0 spiro atoms. The molecular weight excluding hydrogens is 262 g/mol. The van der Waals surface area contributed by atoms with Crippen LogP contribution in [0.25, 0.3) is 0 Å². The van der Waals surface area contributed by atoms with Gasteiger partial charge >= 0.3 is 0 Å². The highest BCUT2D eigenvalue weighted by molar-refractivity contribution is 5.78. The molecule has 1 aliphatic heterocycles. The first-order valence-electron chi connectivity index (χ1n) is 7.72. The number of carbonyl (C=O) groups excluding carboxylic acids is 1. The van der Waals surface area contributed by atoms with E-state index in [1.165, 1.54) is 11.1 Å². The van der Waals surface area contributed by atoms with E-state index in [1.54, 1.807) is 0 Å². The van der Waals surface area contributed by atoms with Gasteiger partial charge in [0.05, 0.1) is 6.54 Å². The van der Waals surface area contributed by atoms with E-state index in [1.807, 2.05) is 24.1 Å². The van der Waals surface area contributed by atoms with E-state index in [2.05, 4.69) is 43.1 Å². The monoisotopic (exact) mass is 289 g/mol. The SMILES string of the molecule is Cc1ccccc1CN(C)C(=O)CN1CC(C)NC(C)C1. The Bertz CT molecular complexity index is 479. The summed E-state index contributed by atoms with van der Waals surface area (Å²) in [5.41, 5.74) is 2.46. The third-order valence-electron chi connectivity index (χ3n) is 4.09. The van der Waals surface area contributed by atoms with Gasteiger partial charge in [0.25, 0.3) is 0 Å². The highest BCUT2D eigenvalue weighted by atomic mass is 16.2. The van der Waals surface area contributed by atoms with Gasteiger partial charge in [0, 0.05) is 38.8 Å². The van der Waals surface area contributed by atoms with Crippen LogP contribution in [0.5, 0.6) is 0 Å². The van der Waals surface area contributed by atoms with Gasteiger partial charge in [-0.2, -0.15) is 0 Å². The van der Waals surface area contributed by atoms with Crippen LogP contribution in [0.2, 0.25) is 0 Å².